The van der Waals surface area contributed by atoms with Crippen molar-refractivity contribution in [2.75, 3.05) is 6.61 Å². The Labute approximate surface area is 161 Å². The number of nitrogens with two attached hydrogens (primary N) is 1. The number of carbonyl (C=O) groups excluding carboxylic acids is 3. The Bertz CT molecular complexity index is 536. The second-order valence-corrected chi connectivity index (χ2v) is 9.02. The van der Waals surface area contributed by atoms with Gasteiger partial charge in [-0.1, -0.05) is 6.92 Å². The van der Waals surface area contributed by atoms with E-state index in [-0.39, 0.29) is 41.1 Å². The van der Waals surface area contributed by atoms with Gasteiger partial charge in [0.1, 0.15) is 5.25 Å². The Morgan fingerprint density at radius 3 is 2.52 bits per heavy atom. The minimum atomic E-state index is -0.638. The maximum Gasteiger partial charge on any atom is 0.319 e. The van der Waals surface area contributed by atoms with E-state index in [4.69, 9.17) is 33.7 Å². The molecule has 25 heavy (non-hydrogen) atoms. The van der Waals surface area contributed by atoms with Crippen LogP contribution in [0.3, 0.4) is 0 Å². The third-order valence-corrected chi connectivity index (χ3v) is 7.34. The molecule has 0 aromatic heterocycles. The summed E-state index contributed by atoms with van der Waals surface area (Å²) in [7, 11) is 0. The molecule has 1 aliphatic carbocycles. The Balaban J connectivity index is 2.07. The van der Waals surface area contributed by atoms with E-state index >= 15 is 0 Å². The quantitative estimate of drug-likeness (QED) is 0.532. The highest BCUT2D eigenvalue weighted by atomic mass is 35.5. The number of nitrogens with one attached hydrogen (secondary N) is 1. The van der Waals surface area contributed by atoms with Crippen LogP contribution in [0.5, 0.6) is 0 Å². The van der Waals surface area contributed by atoms with Crippen LogP contribution in [-0.2, 0) is 19.1 Å². The molecule has 1 saturated heterocycles. The van der Waals surface area contributed by atoms with Crippen molar-refractivity contribution in [2.45, 2.75) is 54.5 Å². The predicted octanol–water partition coefficient (Wildman–Crippen LogP) is 1.86. The number of ether oxygens (including phenoxy) is 1. The lowest BCUT2D eigenvalue weighted by atomic mass is 9.87. The second kappa shape index (κ2) is 8.82. The van der Waals surface area contributed by atoms with Gasteiger partial charge in [-0.3, -0.25) is 14.4 Å². The van der Waals surface area contributed by atoms with E-state index in [1.54, 1.807) is 13.8 Å². The fourth-order valence-electron chi connectivity index (χ4n) is 3.47. The number of primary amides is 1. The molecule has 2 amide bonds. The number of hydrogen-bond acceptors (Lipinski definition) is 5. The Morgan fingerprint density at radius 1 is 1.28 bits per heavy atom. The summed E-state index contributed by atoms with van der Waals surface area (Å²) >= 11 is 13.6. The molecular formula is C16H24Cl2N2O4S. The van der Waals surface area contributed by atoms with Crippen LogP contribution >= 0.6 is 35.0 Å². The summed E-state index contributed by atoms with van der Waals surface area (Å²) < 4.78 is 5.06. The van der Waals surface area contributed by atoms with Crippen molar-refractivity contribution in [3.8, 4) is 0 Å². The fourth-order valence-corrected chi connectivity index (χ4v) is 5.98. The molecule has 2 rings (SSSR count). The third kappa shape index (κ3) is 4.74. The minimum absolute atomic E-state index is 0.0148. The second-order valence-electron chi connectivity index (χ2n) is 6.56. The number of hydrogen-bond donors (Lipinski definition) is 2. The summed E-state index contributed by atoms with van der Waals surface area (Å²) in [6.07, 6.45) is 1.89. The van der Waals surface area contributed by atoms with Gasteiger partial charge < -0.3 is 15.8 Å². The number of esters is 1. The molecule has 7 atom stereocenters. The first kappa shape index (κ1) is 20.6. The van der Waals surface area contributed by atoms with E-state index in [0.717, 1.165) is 6.42 Å². The first-order chi connectivity index (χ1) is 11.8. The first-order valence-corrected chi connectivity index (χ1v) is 10.3. The lowest BCUT2D eigenvalue weighted by molar-refractivity contribution is -0.143. The van der Waals surface area contributed by atoms with E-state index in [2.05, 4.69) is 5.32 Å². The molecule has 0 bridgehead atoms. The average molecular weight is 411 g/mol. The number of alkyl halides is 2. The van der Waals surface area contributed by atoms with Gasteiger partial charge in [0.25, 0.3) is 0 Å². The number of amides is 2. The van der Waals surface area contributed by atoms with E-state index in [1.165, 1.54) is 11.8 Å². The zero-order chi connectivity index (χ0) is 18.7. The van der Waals surface area contributed by atoms with Crippen molar-refractivity contribution in [2.24, 2.45) is 23.5 Å². The molecule has 7 unspecified atom stereocenters. The highest BCUT2D eigenvalue weighted by Gasteiger charge is 2.49. The molecule has 0 aromatic rings. The van der Waals surface area contributed by atoms with Crippen LogP contribution in [0, 0.1) is 17.8 Å². The number of halogens is 2. The van der Waals surface area contributed by atoms with Crippen molar-refractivity contribution >= 4 is 52.7 Å². The molecule has 1 aliphatic heterocycles. The molecule has 1 saturated carbocycles. The highest BCUT2D eigenvalue weighted by Crippen LogP contribution is 2.43. The fraction of sp³-hybridized carbons (Fsp3) is 0.812. The smallest absolute Gasteiger partial charge is 0.319 e. The molecule has 3 N–H and O–H groups in total. The van der Waals surface area contributed by atoms with Crippen LogP contribution in [0.2, 0.25) is 0 Å². The topological polar surface area (TPSA) is 98.5 Å². The van der Waals surface area contributed by atoms with Crippen LogP contribution in [-0.4, -0.2) is 45.8 Å². The first-order valence-electron chi connectivity index (χ1n) is 8.46. The van der Waals surface area contributed by atoms with Crippen molar-refractivity contribution < 1.29 is 19.1 Å². The molecular weight excluding hydrogens is 387 g/mol. The Kier molecular flexibility index (Phi) is 7.29. The normalized spacial score (nSPS) is 38.2. The Hall–Kier alpha value is -0.660. The van der Waals surface area contributed by atoms with Crippen molar-refractivity contribution in [3.05, 3.63) is 0 Å². The summed E-state index contributed by atoms with van der Waals surface area (Å²) in [6, 6.07) is 0. The highest BCUT2D eigenvalue weighted by molar-refractivity contribution is 8.01. The van der Waals surface area contributed by atoms with Gasteiger partial charge in [0, 0.05) is 10.8 Å². The maximum atomic E-state index is 12.6. The van der Waals surface area contributed by atoms with Gasteiger partial charge in [0.05, 0.1) is 23.8 Å². The average Bonchev–Trinajstić information content (AvgIpc) is 2.83. The van der Waals surface area contributed by atoms with Gasteiger partial charge in [-0.2, -0.15) is 0 Å². The van der Waals surface area contributed by atoms with Gasteiger partial charge >= 0.3 is 5.97 Å². The van der Waals surface area contributed by atoms with Crippen LogP contribution in [0.4, 0.5) is 0 Å². The van der Waals surface area contributed by atoms with Crippen LogP contribution in [0.25, 0.3) is 0 Å². The molecule has 0 spiro atoms. The zero-order valence-electron chi connectivity index (χ0n) is 14.2. The van der Waals surface area contributed by atoms with Crippen molar-refractivity contribution in [1.29, 1.82) is 0 Å². The standard InChI is InChI=1S/C16H24Cl2N2O4S/c1-3-24-16(23)12-7(2)11(13(19)21)15(25-12)20-14(22)9-5-4-8(17)6-10(9)18/h7-12,15H,3-6H2,1-2H3,(H2,19,21)(H,20,22). The summed E-state index contributed by atoms with van der Waals surface area (Å²) in [6.45, 7) is 3.76. The van der Waals surface area contributed by atoms with Crippen molar-refractivity contribution in [3.63, 3.8) is 0 Å². The van der Waals surface area contributed by atoms with Gasteiger partial charge in [0.15, 0.2) is 0 Å². The lowest BCUT2D eigenvalue weighted by Gasteiger charge is -2.30. The summed E-state index contributed by atoms with van der Waals surface area (Å²) in [5.74, 6) is -2.46. The maximum absolute atomic E-state index is 12.6. The number of carbonyl (C=O) groups is 3. The third-order valence-electron chi connectivity index (χ3n) is 4.84. The monoisotopic (exact) mass is 410 g/mol. The zero-order valence-corrected chi connectivity index (χ0v) is 16.6. The van der Waals surface area contributed by atoms with Gasteiger partial charge in [-0.15, -0.1) is 35.0 Å². The van der Waals surface area contributed by atoms with Crippen LogP contribution in [0.15, 0.2) is 0 Å². The van der Waals surface area contributed by atoms with E-state index in [0.29, 0.717) is 12.8 Å². The van der Waals surface area contributed by atoms with Crippen LogP contribution in [0.1, 0.15) is 33.1 Å². The number of thioether (sulfide) groups is 1. The molecule has 2 fully saturated rings. The molecule has 1 heterocycles. The van der Waals surface area contributed by atoms with Gasteiger partial charge in [0.2, 0.25) is 11.8 Å². The van der Waals surface area contributed by atoms with Gasteiger partial charge in [-0.05, 0) is 32.1 Å². The largest absolute Gasteiger partial charge is 0.465 e. The SMILES string of the molecule is CCOC(=O)C1SC(NC(=O)C2CCC(Cl)CC2Cl)C(C(N)=O)C1C. The Morgan fingerprint density at radius 2 is 1.96 bits per heavy atom. The van der Waals surface area contributed by atoms with Gasteiger partial charge in [-0.25, -0.2) is 0 Å². The molecule has 2 aliphatic rings. The minimum Gasteiger partial charge on any atom is -0.465 e. The molecule has 142 valence electrons. The predicted molar refractivity (Wildman–Crippen MR) is 98.4 cm³/mol. The summed E-state index contributed by atoms with van der Waals surface area (Å²) in [4.78, 5) is 36.6. The van der Waals surface area contributed by atoms with E-state index in [9.17, 15) is 14.4 Å². The molecule has 6 nitrogen and oxygen atoms in total. The van der Waals surface area contributed by atoms with E-state index in [1.807, 2.05) is 0 Å². The number of rotatable bonds is 5. The van der Waals surface area contributed by atoms with Crippen LogP contribution < -0.4 is 11.1 Å². The summed E-state index contributed by atoms with van der Waals surface area (Å²) in [5, 5.41) is 1.42. The lowest BCUT2D eigenvalue weighted by Crippen LogP contribution is -2.47. The van der Waals surface area contributed by atoms with Crippen molar-refractivity contribution in [1.82, 2.24) is 5.32 Å². The molecule has 0 radical (unpaired) electrons. The van der Waals surface area contributed by atoms with E-state index < -0.39 is 22.4 Å². The molecule has 0 aromatic carbocycles. The molecule has 9 heteroatoms. The summed E-state index contributed by atoms with van der Waals surface area (Å²) in [5.41, 5.74) is 5.52.